The van der Waals surface area contributed by atoms with Crippen molar-refractivity contribution in [2.45, 2.75) is 26.8 Å². The van der Waals surface area contributed by atoms with Crippen molar-refractivity contribution in [3.8, 4) is 11.5 Å². The van der Waals surface area contributed by atoms with Crippen molar-refractivity contribution in [3.63, 3.8) is 0 Å². The Morgan fingerprint density at radius 3 is 2.58 bits per heavy atom. The number of hydrogen-bond acceptors (Lipinski definition) is 8. The van der Waals surface area contributed by atoms with Crippen LogP contribution < -0.4 is 9.64 Å². The Morgan fingerprint density at radius 2 is 1.92 bits per heavy atom. The predicted octanol–water partition coefficient (Wildman–Crippen LogP) is 6.07. The van der Waals surface area contributed by atoms with Gasteiger partial charge in [0.2, 0.25) is 5.78 Å². The number of aliphatic hydroxyl groups is 1. The van der Waals surface area contributed by atoms with E-state index in [9.17, 15) is 19.8 Å². The number of benzene rings is 2. The van der Waals surface area contributed by atoms with Crippen LogP contribution in [0.15, 0.2) is 56.6 Å². The lowest BCUT2D eigenvalue weighted by molar-refractivity contribution is -0.117. The van der Waals surface area contributed by atoms with E-state index in [0.29, 0.717) is 20.9 Å². The number of aromatic nitrogens is 1. The third-order valence-corrected chi connectivity index (χ3v) is 7.63. The Morgan fingerprint density at radius 1 is 1.17 bits per heavy atom. The maximum absolute atomic E-state index is 13.6. The summed E-state index contributed by atoms with van der Waals surface area (Å²) in [4.78, 5) is 33.0. The number of methoxy groups -OCH3 is 1. The van der Waals surface area contributed by atoms with Crippen LogP contribution in [0.1, 0.15) is 39.0 Å². The van der Waals surface area contributed by atoms with Gasteiger partial charge in [0.25, 0.3) is 5.91 Å². The van der Waals surface area contributed by atoms with Gasteiger partial charge in [-0.15, -0.1) is 0 Å². The lowest BCUT2D eigenvalue weighted by atomic mass is 9.95. The number of aliphatic hydroxyl groups excluding tert-OH is 1. The van der Waals surface area contributed by atoms with E-state index in [4.69, 9.17) is 14.1 Å². The van der Waals surface area contributed by atoms with Crippen molar-refractivity contribution in [2.24, 2.45) is 0 Å². The van der Waals surface area contributed by atoms with Crippen LogP contribution in [0.3, 0.4) is 0 Å². The molecule has 5 rings (SSSR count). The summed E-state index contributed by atoms with van der Waals surface area (Å²) in [5, 5.41) is 21.7. The average Bonchev–Trinajstić information content (AvgIpc) is 3.52. The number of anilines is 1. The number of fused-ring (bicyclic) bond motifs is 1. The number of phenolic OH excluding ortho intramolecular Hbond substituents is 1. The van der Waals surface area contributed by atoms with Gasteiger partial charge in [-0.05, 0) is 83.7 Å². The zero-order valence-electron chi connectivity index (χ0n) is 19.7. The first-order valence-electron chi connectivity index (χ1n) is 10.9. The van der Waals surface area contributed by atoms with Crippen LogP contribution >= 0.6 is 27.3 Å². The number of phenols is 1. The summed E-state index contributed by atoms with van der Waals surface area (Å²) in [6, 6.07) is 9.15. The second kappa shape index (κ2) is 8.79. The molecule has 1 atom stereocenters. The standard InChI is InChI=1S/C26H21BrN2O6S/c1-11-7-12(2)20-18(8-11)36-26(28-20)29-21(14-9-15(27)22(30)17(10-14)34-4)19(24(32)25(29)33)23(31)16-6-5-13(3)35-16/h5-10,21,30,32H,1-4H3. The van der Waals surface area contributed by atoms with Gasteiger partial charge in [-0.3, -0.25) is 14.5 Å². The van der Waals surface area contributed by atoms with Crippen molar-refractivity contribution in [1.82, 2.24) is 4.98 Å². The number of rotatable bonds is 5. The van der Waals surface area contributed by atoms with Crippen LogP contribution in [0.2, 0.25) is 0 Å². The van der Waals surface area contributed by atoms with Crippen LogP contribution in [0.4, 0.5) is 5.13 Å². The molecule has 1 unspecified atom stereocenters. The number of ether oxygens (including phenoxy) is 1. The summed E-state index contributed by atoms with van der Waals surface area (Å²) < 4.78 is 12.0. The minimum atomic E-state index is -1.05. The van der Waals surface area contributed by atoms with Crippen molar-refractivity contribution < 1.29 is 29.0 Å². The normalized spacial score (nSPS) is 15.9. The number of aryl methyl sites for hydroxylation is 3. The average molecular weight is 569 g/mol. The number of Topliss-reactive ketones (excluding diaryl/α,β-unsaturated/α-hetero) is 1. The number of carbonyl (C=O) groups is 2. The van der Waals surface area contributed by atoms with Crippen molar-refractivity contribution >= 4 is 54.3 Å². The Kier molecular flexibility index (Phi) is 5.88. The topological polar surface area (TPSA) is 113 Å². The van der Waals surface area contributed by atoms with Crippen molar-refractivity contribution in [2.75, 3.05) is 12.0 Å². The van der Waals surface area contributed by atoms with Gasteiger partial charge < -0.3 is 19.4 Å². The lowest BCUT2D eigenvalue weighted by Gasteiger charge is -2.25. The summed E-state index contributed by atoms with van der Waals surface area (Å²) >= 11 is 4.60. The fraction of sp³-hybridized carbons (Fsp3) is 0.192. The Balaban J connectivity index is 1.74. The van der Waals surface area contributed by atoms with Crippen LogP contribution in [-0.2, 0) is 4.79 Å². The molecule has 1 aliphatic heterocycles. The molecule has 1 amide bonds. The first-order valence-corrected chi connectivity index (χ1v) is 12.5. The van der Waals surface area contributed by atoms with Gasteiger partial charge in [0, 0.05) is 0 Å². The summed E-state index contributed by atoms with van der Waals surface area (Å²) in [7, 11) is 1.40. The fourth-order valence-electron chi connectivity index (χ4n) is 4.41. The molecule has 8 nitrogen and oxygen atoms in total. The van der Waals surface area contributed by atoms with Crippen molar-refractivity contribution in [1.29, 1.82) is 0 Å². The minimum Gasteiger partial charge on any atom is -0.503 e. The van der Waals surface area contributed by atoms with Crippen molar-refractivity contribution in [3.05, 3.63) is 80.4 Å². The summed E-state index contributed by atoms with van der Waals surface area (Å²) in [6.45, 7) is 5.61. The molecule has 1 aliphatic rings. The van der Waals surface area contributed by atoms with E-state index < -0.39 is 23.5 Å². The van der Waals surface area contributed by atoms with E-state index in [1.54, 1.807) is 19.1 Å². The van der Waals surface area contributed by atoms with Crippen LogP contribution in [0, 0.1) is 20.8 Å². The number of thiazole rings is 1. The third-order valence-electron chi connectivity index (χ3n) is 6.03. The number of halogens is 1. The van der Waals surface area contributed by atoms with E-state index in [1.807, 2.05) is 26.0 Å². The molecule has 0 spiro atoms. The molecule has 36 heavy (non-hydrogen) atoms. The highest BCUT2D eigenvalue weighted by molar-refractivity contribution is 9.10. The van der Waals surface area contributed by atoms with Crippen LogP contribution in [0.25, 0.3) is 10.2 Å². The van der Waals surface area contributed by atoms with E-state index in [-0.39, 0.29) is 22.8 Å². The lowest BCUT2D eigenvalue weighted by Crippen LogP contribution is -2.31. The first-order chi connectivity index (χ1) is 17.1. The molecule has 2 aromatic heterocycles. The van der Waals surface area contributed by atoms with Gasteiger partial charge in [0.05, 0.1) is 33.4 Å². The molecule has 0 bridgehead atoms. The molecule has 2 aromatic carbocycles. The van der Waals surface area contributed by atoms with E-state index in [1.165, 1.54) is 35.5 Å². The van der Waals surface area contributed by atoms with Gasteiger partial charge in [-0.2, -0.15) is 0 Å². The van der Waals surface area contributed by atoms with Gasteiger partial charge in [-0.1, -0.05) is 17.4 Å². The molecule has 0 saturated heterocycles. The van der Waals surface area contributed by atoms with E-state index in [0.717, 1.165) is 21.3 Å². The molecule has 4 aromatic rings. The number of hydrogen-bond donors (Lipinski definition) is 2. The number of ketones is 1. The second-order valence-corrected chi connectivity index (χ2v) is 10.4. The zero-order chi connectivity index (χ0) is 25.9. The van der Waals surface area contributed by atoms with E-state index >= 15 is 0 Å². The molecule has 3 heterocycles. The molecular weight excluding hydrogens is 548 g/mol. The van der Waals surface area contributed by atoms with Gasteiger partial charge in [0.1, 0.15) is 5.76 Å². The number of carbonyl (C=O) groups excluding carboxylic acids is 2. The highest BCUT2D eigenvalue weighted by Crippen LogP contribution is 2.47. The number of aromatic hydroxyl groups is 1. The second-order valence-electron chi connectivity index (χ2n) is 8.56. The molecule has 0 saturated carbocycles. The fourth-order valence-corrected chi connectivity index (χ4v) is 6.04. The molecular formula is C26H21BrN2O6S. The summed E-state index contributed by atoms with van der Waals surface area (Å²) in [5.74, 6) is -1.56. The Hall–Kier alpha value is -3.63. The maximum Gasteiger partial charge on any atom is 0.296 e. The molecule has 10 heteroatoms. The van der Waals surface area contributed by atoms with Gasteiger partial charge in [0.15, 0.2) is 28.1 Å². The predicted molar refractivity (Wildman–Crippen MR) is 139 cm³/mol. The molecule has 2 N–H and O–H groups in total. The van der Waals surface area contributed by atoms with Gasteiger partial charge in [-0.25, -0.2) is 4.98 Å². The van der Waals surface area contributed by atoms with E-state index in [2.05, 4.69) is 15.9 Å². The molecule has 184 valence electrons. The monoisotopic (exact) mass is 568 g/mol. The van der Waals surface area contributed by atoms with Crippen LogP contribution in [-0.4, -0.2) is 34.0 Å². The molecule has 0 aliphatic carbocycles. The quantitative estimate of drug-likeness (QED) is 0.281. The largest absolute Gasteiger partial charge is 0.503 e. The maximum atomic E-state index is 13.6. The zero-order valence-corrected chi connectivity index (χ0v) is 22.2. The molecule has 0 fully saturated rings. The Labute approximate surface area is 218 Å². The third kappa shape index (κ3) is 3.77. The minimum absolute atomic E-state index is 0.00530. The number of furan rings is 1. The highest BCUT2D eigenvalue weighted by Gasteiger charge is 2.47. The van der Waals surface area contributed by atoms with Crippen LogP contribution in [0.5, 0.6) is 11.5 Å². The first kappa shape index (κ1) is 24.1. The number of amides is 1. The summed E-state index contributed by atoms with van der Waals surface area (Å²) in [5.41, 5.74) is 3.01. The SMILES string of the molecule is COc1cc(C2C(C(=O)c3ccc(C)o3)=C(O)C(=O)N2c2nc3c(C)cc(C)cc3s2)cc(Br)c1O. The highest BCUT2D eigenvalue weighted by atomic mass is 79.9. The Bertz CT molecular complexity index is 1600. The smallest absolute Gasteiger partial charge is 0.296 e. The van der Waals surface area contributed by atoms with Gasteiger partial charge >= 0.3 is 0 Å². The summed E-state index contributed by atoms with van der Waals surface area (Å²) in [6.07, 6.45) is 0. The number of nitrogens with zero attached hydrogens (tertiary/aromatic N) is 2. The molecule has 0 radical (unpaired) electrons.